The first-order valence-electron chi connectivity index (χ1n) is 1.97. The molecule has 0 aliphatic carbocycles. The molecule has 1 heterocycles. The average Bonchev–Trinajstić information content (AvgIpc) is 2.13. The Bertz CT molecular complexity index is 279. The van der Waals surface area contributed by atoms with Crippen LogP contribution in [0.5, 0.6) is 0 Å². The molecule has 0 saturated carbocycles. The topological polar surface area (TPSA) is 85.9 Å². The SMILES string of the molecule is O=C([O-])c1ns[nH]c1=O.[K+]. The smallest absolute Gasteiger partial charge is 0.543 e. The molecule has 0 atom stereocenters. The number of nitrogens with one attached hydrogen (secondary N) is 1. The van der Waals surface area contributed by atoms with Gasteiger partial charge in [0.2, 0.25) is 0 Å². The first-order chi connectivity index (χ1) is 4.22. The summed E-state index contributed by atoms with van der Waals surface area (Å²) in [6.07, 6.45) is 0. The van der Waals surface area contributed by atoms with Crippen LogP contribution in [0.2, 0.25) is 0 Å². The zero-order valence-corrected chi connectivity index (χ0v) is 9.02. The molecule has 1 aromatic rings. The van der Waals surface area contributed by atoms with E-state index < -0.39 is 17.2 Å². The van der Waals surface area contributed by atoms with Gasteiger partial charge in [0.25, 0.3) is 5.56 Å². The van der Waals surface area contributed by atoms with Gasteiger partial charge in [0.1, 0.15) is 0 Å². The predicted octanol–water partition coefficient (Wildman–Crippen LogP) is -4.80. The normalized spacial score (nSPS) is 8.40. The van der Waals surface area contributed by atoms with Crippen LogP contribution in [-0.4, -0.2) is 14.7 Å². The van der Waals surface area contributed by atoms with E-state index in [0.717, 1.165) is 0 Å². The number of rotatable bonds is 1. The van der Waals surface area contributed by atoms with Gasteiger partial charge in [0.15, 0.2) is 5.69 Å². The minimum atomic E-state index is -1.54. The molecular formula is C3HKN2O3S. The summed E-state index contributed by atoms with van der Waals surface area (Å²) in [7, 11) is 0. The summed E-state index contributed by atoms with van der Waals surface area (Å²) in [6, 6.07) is 0. The Morgan fingerprint density at radius 2 is 2.30 bits per heavy atom. The number of carbonyl (C=O) groups excluding carboxylic acids is 1. The van der Waals surface area contributed by atoms with E-state index in [4.69, 9.17) is 0 Å². The molecule has 48 valence electrons. The Morgan fingerprint density at radius 3 is 2.50 bits per heavy atom. The second kappa shape index (κ2) is 4.37. The largest absolute Gasteiger partial charge is 1.00 e. The molecule has 0 bridgehead atoms. The Morgan fingerprint density at radius 1 is 1.70 bits per heavy atom. The van der Waals surface area contributed by atoms with E-state index in [1.54, 1.807) is 0 Å². The van der Waals surface area contributed by atoms with Crippen molar-refractivity contribution in [2.75, 3.05) is 0 Å². The quantitative estimate of drug-likeness (QED) is 0.444. The van der Waals surface area contributed by atoms with Crippen molar-refractivity contribution in [3.05, 3.63) is 16.0 Å². The number of H-pyrrole nitrogens is 1. The minimum absolute atomic E-state index is 0. The molecule has 0 unspecified atom stereocenters. The van der Waals surface area contributed by atoms with Crippen LogP contribution in [0.25, 0.3) is 0 Å². The Balaban J connectivity index is 0.000000810. The van der Waals surface area contributed by atoms with Gasteiger partial charge in [-0.15, -0.1) is 0 Å². The van der Waals surface area contributed by atoms with Gasteiger partial charge in [-0.05, 0) is 0 Å². The maximum atomic E-state index is 10.3. The van der Waals surface area contributed by atoms with Crippen molar-refractivity contribution < 1.29 is 61.3 Å². The standard InChI is InChI=1S/C3H2N2O3S.K/c6-2-1(3(7)8)4-9-5-2;/h(H,5,6)(H,7,8);/q;+1/p-1. The second-order valence-electron chi connectivity index (χ2n) is 1.25. The van der Waals surface area contributed by atoms with E-state index >= 15 is 0 Å². The molecule has 1 rings (SSSR count). The molecule has 0 spiro atoms. The number of nitrogens with zero attached hydrogens (tertiary/aromatic N) is 1. The average molecular weight is 184 g/mol. The Labute approximate surface area is 102 Å². The van der Waals surface area contributed by atoms with Crippen LogP contribution in [0.4, 0.5) is 0 Å². The van der Waals surface area contributed by atoms with E-state index in [-0.39, 0.29) is 51.4 Å². The van der Waals surface area contributed by atoms with Crippen molar-refractivity contribution >= 4 is 17.7 Å². The molecule has 0 fully saturated rings. The molecule has 7 heteroatoms. The summed E-state index contributed by atoms with van der Waals surface area (Å²) in [5.41, 5.74) is -1.26. The van der Waals surface area contributed by atoms with E-state index in [2.05, 4.69) is 8.75 Å². The van der Waals surface area contributed by atoms with E-state index in [0.29, 0.717) is 11.7 Å². The molecular weight excluding hydrogens is 183 g/mol. The first-order valence-corrected chi connectivity index (χ1v) is 2.75. The van der Waals surface area contributed by atoms with Crippen LogP contribution in [-0.2, 0) is 0 Å². The molecule has 0 aliphatic heterocycles. The molecule has 1 N–H and O–H groups in total. The number of carbonyl (C=O) groups is 1. The van der Waals surface area contributed by atoms with Crippen LogP contribution in [0.15, 0.2) is 4.79 Å². The Kier molecular flexibility index (Phi) is 4.57. The van der Waals surface area contributed by atoms with Gasteiger partial charge in [-0.1, -0.05) is 0 Å². The fraction of sp³-hybridized carbons (Fsp3) is 0. The molecule has 0 saturated heterocycles. The van der Waals surface area contributed by atoms with E-state index in [1.807, 2.05) is 0 Å². The van der Waals surface area contributed by atoms with Gasteiger partial charge in [-0.3, -0.25) is 9.17 Å². The second-order valence-corrected chi connectivity index (χ2v) is 1.82. The maximum absolute atomic E-state index is 10.3. The van der Waals surface area contributed by atoms with Crippen molar-refractivity contribution in [2.24, 2.45) is 0 Å². The fourth-order valence-electron chi connectivity index (χ4n) is 0.330. The van der Waals surface area contributed by atoms with Gasteiger partial charge < -0.3 is 9.90 Å². The van der Waals surface area contributed by atoms with Gasteiger partial charge in [0.05, 0.1) is 5.97 Å². The van der Waals surface area contributed by atoms with Crippen LogP contribution < -0.4 is 62.1 Å². The van der Waals surface area contributed by atoms with Crippen LogP contribution >= 0.6 is 11.7 Å². The third-order valence-corrected chi connectivity index (χ3v) is 1.23. The van der Waals surface area contributed by atoms with Crippen molar-refractivity contribution in [1.29, 1.82) is 0 Å². The summed E-state index contributed by atoms with van der Waals surface area (Å²) >= 11 is 0.686. The molecule has 0 aliphatic rings. The molecule has 1 aromatic heterocycles. The maximum Gasteiger partial charge on any atom is 1.00 e. The van der Waals surface area contributed by atoms with Gasteiger partial charge in [-0.25, -0.2) is 0 Å². The monoisotopic (exact) mass is 184 g/mol. The zero-order valence-electron chi connectivity index (χ0n) is 5.08. The summed E-state index contributed by atoms with van der Waals surface area (Å²) in [5.74, 6) is -1.54. The van der Waals surface area contributed by atoms with E-state index in [9.17, 15) is 14.7 Å². The van der Waals surface area contributed by atoms with Crippen molar-refractivity contribution in [1.82, 2.24) is 8.75 Å². The number of aromatic amines is 1. The number of hydrogen-bond acceptors (Lipinski definition) is 5. The fourth-order valence-corrected chi connectivity index (χ4v) is 0.804. The summed E-state index contributed by atoms with van der Waals surface area (Å²) in [6.45, 7) is 0. The van der Waals surface area contributed by atoms with Crippen LogP contribution in [0.3, 0.4) is 0 Å². The third-order valence-electron chi connectivity index (χ3n) is 0.684. The number of hydrogen-bond donors (Lipinski definition) is 1. The van der Waals surface area contributed by atoms with E-state index in [1.165, 1.54) is 0 Å². The molecule has 0 radical (unpaired) electrons. The van der Waals surface area contributed by atoms with Crippen molar-refractivity contribution in [3.8, 4) is 0 Å². The summed E-state index contributed by atoms with van der Waals surface area (Å²) in [4.78, 5) is 20.2. The minimum Gasteiger partial charge on any atom is -0.543 e. The van der Waals surface area contributed by atoms with Crippen LogP contribution in [0, 0.1) is 0 Å². The molecule has 0 amide bonds. The van der Waals surface area contributed by atoms with Gasteiger partial charge >= 0.3 is 51.4 Å². The summed E-state index contributed by atoms with van der Waals surface area (Å²) < 4.78 is 5.33. The predicted molar refractivity (Wildman–Crippen MR) is 27.1 cm³/mol. The molecule has 0 aromatic carbocycles. The summed E-state index contributed by atoms with van der Waals surface area (Å²) in [5, 5.41) is 9.90. The number of aromatic carboxylic acids is 1. The number of aromatic nitrogens is 2. The van der Waals surface area contributed by atoms with Crippen LogP contribution in [0.1, 0.15) is 10.5 Å². The zero-order chi connectivity index (χ0) is 6.85. The van der Waals surface area contributed by atoms with Crippen molar-refractivity contribution in [3.63, 3.8) is 0 Å². The van der Waals surface area contributed by atoms with Gasteiger partial charge in [-0.2, -0.15) is 4.37 Å². The third kappa shape index (κ3) is 2.26. The van der Waals surface area contributed by atoms with Crippen molar-refractivity contribution in [2.45, 2.75) is 0 Å². The first kappa shape index (κ1) is 10.5. The molecule has 5 nitrogen and oxygen atoms in total. The Hall–Kier alpha value is 0.466. The van der Waals surface area contributed by atoms with Gasteiger partial charge in [0, 0.05) is 11.7 Å². The number of carboxylic acids is 1. The number of carboxylic acid groups (broad SMARTS) is 1. The molecule has 10 heavy (non-hydrogen) atoms.